The number of allylic oxidation sites excluding steroid dienone is 4. The molecule has 0 saturated carbocycles. The molecule has 0 aliphatic heterocycles. The summed E-state index contributed by atoms with van der Waals surface area (Å²) in [5, 5.41) is 0. The van der Waals surface area contributed by atoms with Gasteiger partial charge in [-0.2, -0.15) is 0 Å². The molecule has 1 aromatic rings. The van der Waals surface area contributed by atoms with Crippen LogP contribution in [0.15, 0.2) is 36.4 Å². The summed E-state index contributed by atoms with van der Waals surface area (Å²) < 4.78 is 0. The smallest absolute Gasteiger partial charge is 0.0126 e. The summed E-state index contributed by atoms with van der Waals surface area (Å²) in [7, 11) is 0. The van der Waals surface area contributed by atoms with E-state index in [1.165, 1.54) is 22.3 Å². The fourth-order valence-electron chi connectivity index (χ4n) is 2.42. The maximum atomic E-state index is 2.37. The minimum Gasteiger partial charge on any atom is -0.0871 e. The van der Waals surface area contributed by atoms with Gasteiger partial charge in [0, 0.05) is 0 Å². The predicted molar refractivity (Wildman–Crippen MR) is 92.3 cm³/mol. The highest BCUT2D eigenvalue weighted by molar-refractivity contribution is 5.77. The van der Waals surface area contributed by atoms with Crippen LogP contribution in [0.4, 0.5) is 0 Å². The van der Waals surface area contributed by atoms with Crippen LogP contribution in [0.1, 0.15) is 72.1 Å². The molecule has 0 bridgehead atoms. The summed E-state index contributed by atoms with van der Waals surface area (Å²) in [6, 6.07) is 6.96. The van der Waals surface area contributed by atoms with Crippen LogP contribution in [0, 0.1) is 0 Å². The lowest BCUT2D eigenvalue weighted by Crippen LogP contribution is -2.17. The molecule has 1 aromatic carbocycles. The quantitative estimate of drug-likeness (QED) is 0.556. The van der Waals surface area contributed by atoms with Crippen molar-refractivity contribution < 1.29 is 0 Å². The molecule has 0 heteroatoms. The standard InChI is InChI=1S/C20H30/c1-9-11-15(10-2)17-14-16(19(3,4)5)12-13-18(17)20(6,7)8/h9-14H,1-8H3/b11-9-,15-10+. The van der Waals surface area contributed by atoms with Gasteiger partial charge in [-0.25, -0.2) is 0 Å². The second kappa shape index (κ2) is 5.99. The zero-order chi connectivity index (χ0) is 15.6. The fraction of sp³-hybridized carbons (Fsp3) is 0.500. The highest BCUT2D eigenvalue weighted by Gasteiger charge is 2.22. The molecule has 0 N–H and O–H groups in total. The SMILES string of the molecule is C/C=C\C(=C/C)c1cc(C(C)(C)C)ccc1C(C)(C)C. The van der Waals surface area contributed by atoms with E-state index in [1.54, 1.807) is 0 Å². The van der Waals surface area contributed by atoms with Crippen LogP contribution in [0.2, 0.25) is 0 Å². The number of rotatable bonds is 2. The lowest BCUT2D eigenvalue weighted by atomic mass is 9.77. The summed E-state index contributed by atoms with van der Waals surface area (Å²) in [5.41, 5.74) is 5.82. The van der Waals surface area contributed by atoms with Gasteiger partial charge >= 0.3 is 0 Å². The Bertz CT molecular complexity index is 514. The normalized spacial score (nSPS) is 14.1. The molecule has 0 unspecified atom stereocenters. The largest absolute Gasteiger partial charge is 0.0871 e. The van der Waals surface area contributed by atoms with E-state index in [4.69, 9.17) is 0 Å². The minimum atomic E-state index is 0.154. The Hall–Kier alpha value is -1.30. The molecule has 110 valence electrons. The van der Waals surface area contributed by atoms with Gasteiger partial charge in [0.1, 0.15) is 0 Å². The van der Waals surface area contributed by atoms with E-state index in [0.29, 0.717) is 0 Å². The molecule has 0 fully saturated rings. The van der Waals surface area contributed by atoms with Crippen LogP contribution in [-0.4, -0.2) is 0 Å². The van der Waals surface area contributed by atoms with Crippen molar-refractivity contribution in [2.45, 2.75) is 66.2 Å². The van der Waals surface area contributed by atoms with Gasteiger partial charge in [0.2, 0.25) is 0 Å². The Morgan fingerprint density at radius 1 is 0.900 bits per heavy atom. The van der Waals surface area contributed by atoms with Gasteiger partial charge in [-0.05, 0) is 46.9 Å². The number of benzene rings is 1. The molecule has 0 saturated heterocycles. The summed E-state index contributed by atoms with van der Waals surface area (Å²) in [5.74, 6) is 0. The van der Waals surface area contributed by atoms with E-state index in [2.05, 4.69) is 91.8 Å². The molecular weight excluding hydrogens is 240 g/mol. The Balaban J connectivity index is 3.58. The molecule has 20 heavy (non-hydrogen) atoms. The number of hydrogen-bond acceptors (Lipinski definition) is 0. The minimum absolute atomic E-state index is 0.154. The molecule has 0 atom stereocenters. The second-order valence-electron chi connectivity index (χ2n) is 7.50. The van der Waals surface area contributed by atoms with Gasteiger partial charge in [0.05, 0.1) is 0 Å². The molecule has 1 rings (SSSR count). The van der Waals surface area contributed by atoms with E-state index in [-0.39, 0.29) is 10.8 Å². The molecule has 0 heterocycles. The van der Waals surface area contributed by atoms with Gasteiger partial charge in [-0.1, -0.05) is 78.0 Å². The van der Waals surface area contributed by atoms with Gasteiger partial charge in [0.15, 0.2) is 0 Å². The Morgan fingerprint density at radius 3 is 1.90 bits per heavy atom. The van der Waals surface area contributed by atoms with Crippen molar-refractivity contribution in [1.29, 1.82) is 0 Å². The number of hydrogen-bond donors (Lipinski definition) is 0. The van der Waals surface area contributed by atoms with Crippen LogP contribution >= 0.6 is 0 Å². The lowest BCUT2D eigenvalue weighted by Gasteiger charge is -2.27. The topological polar surface area (TPSA) is 0 Å². The average Bonchev–Trinajstić information content (AvgIpc) is 2.33. The van der Waals surface area contributed by atoms with E-state index < -0.39 is 0 Å². The summed E-state index contributed by atoms with van der Waals surface area (Å²) in [6.45, 7) is 17.9. The van der Waals surface area contributed by atoms with Crippen LogP contribution in [-0.2, 0) is 10.8 Å². The second-order valence-corrected chi connectivity index (χ2v) is 7.50. The molecule has 0 aliphatic rings. The van der Waals surface area contributed by atoms with Gasteiger partial charge in [0.25, 0.3) is 0 Å². The Morgan fingerprint density at radius 2 is 1.50 bits per heavy atom. The van der Waals surface area contributed by atoms with Crippen LogP contribution in [0.5, 0.6) is 0 Å². The lowest BCUT2D eigenvalue weighted by molar-refractivity contribution is 0.575. The Labute approximate surface area is 125 Å². The highest BCUT2D eigenvalue weighted by atomic mass is 14.3. The first kappa shape index (κ1) is 16.8. The average molecular weight is 270 g/mol. The van der Waals surface area contributed by atoms with Crippen molar-refractivity contribution in [2.24, 2.45) is 0 Å². The van der Waals surface area contributed by atoms with E-state index in [9.17, 15) is 0 Å². The molecule has 0 spiro atoms. The first-order chi connectivity index (χ1) is 9.11. The van der Waals surface area contributed by atoms with E-state index in [0.717, 1.165) is 0 Å². The Kier molecular flexibility index (Phi) is 5.02. The van der Waals surface area contributed by atoms with Crippen molar-refractivity contribution >= 4 is 5.57 Å². The summed E-state index contributed by atoms with van der Waals surface area (Å²) in [4.78, 5) is 0. The van der Waals surface area contributed by atoms with Crippen molar-refractivity contribution in [3.63, 3.8) is 0 Å². The van der Waals surface area contributed by atoms with Crippen LogP contribution in [0.25, 0.3) is 5.57 Å². The molecule has 0 radical (unpaired) electrons. The van der Waals surface area contributed by atoms with Crippen molar-refractivity contribution in [1.82, 2.24) is 0 Å². The van der Waals surface area contributed by atoms with Crippen molar-refractivity contribution in [2.75, 3.05) is 0 Å². The van der Waals surface area contributed by atoms with Crippen molar-refractivity contribution in [3.8, 4) is 0 Å². The molecule has 0 amide bonds. The first-order valence-electron chi connectivity index (χ1n) is 7.55. The highest BCUT2D eigenvalue weighted by Crippen LogP contribution is 2.34. The van der Waals surface area contributed by atoms with Crippen molar-refractivity contribution in [3.05, 3.63) is 53.1 Å². The van der Waals surface area contributed by atoms with Gasteiger partial charge < -0.3 is 0 Å². The molecule has 0 aliphatic carbocycles. The third kappa shape index (κ3) is 3.85. The fourth-order valence-corrected chi connectivity index (χ4v) is 2.42. The van der Waals surface area contributed by atoms with Crippen LogP contribution in [0.3, 0.4) is 0 Å². The first-order valence-corrected chi connectivity index (χ1v) is 7.55. The third-order valence-corrected chi connectivity index (χ3v) is 3.66. The summed E-state index contributed by atoms with van der Waals surface area (Å²) in [6.07, 6.45) is 6.53. The van der Waals surface area contributed by atoms with E-state index >= 15 is 0 Å². The molecular formula is C20H30. The van der Waals surface area contributed by atoms with Crippen LogP contribution < -0.4 is 0 Å². The third-order valence-electron chi connectivity index (χ3n) is 3.66. The molecule has 0 nitrogen and oxygen atoms in total. The predicted octanol–water partition coefficient (Wildman–Crippen LogP) is 6.26. The zero-order valence-electron chi connectivity index (χ0n) is 14.5. The zero-order valence-corrected chi connectivity index (χ0v) is 14.5. The van der Waals surface area contributed by atoms with E-state index in [1.807, 2.05) is 0 Å². The maximum Gasteiger partial charge on any atom is -0.0126 e. The molecule has 0 aromatic heterocycles. The maximum absolute atomic E-state index is 2.37. The monoisotopic (exact) mass is 270 g/mol. The van der Waals surface area contributed by atoms with Gasteiger partial charge in [-0.15, -0.1) is 0 Å². The van der Waals surface area contributed by atoms with Gasteiger partial charge in [-0.3, -0.25) is 0 Å². The summed E-state index contributed by atoms with van der Waals surface area (Å²) >= 11 is 0.